The molecule has 0 radical (unpaired) electrons. The van der Waals surface area contributed by atoms with Gasteiger partial charge in [-0.15, -0.1) is 0 Å². The zero-order valence-electron chi connectivity index (χ0n) is 24.2. The predicted octanol–water partition coefficient (Wildman–Crippen LogP) is 2.27. The van der Waals surface area contributed by atoms with Crippen LogP contribution >= 0.6 is 0 Å². The summed E-state index contributed by atoms with van der Waals surface area (Å²) in [6.45, 7) is 8.93. The van der Waals surface area contributed by atoms with E-state index in [1.165, 1.54) is 4.90 Å². The summed E-state index contributed by atoms with van der Waals surface area (Å²) in [6.07, 6.45) is -6.53. The Kier molecular flexibility index (Phi) is 8.11. The van der Waals surface area contributed by atoms with Crippen LogP contribution in [0, 0.1) is 23.2 Å². The first-order chi connectivity index (χ1) is 19.3. The van der Waals surface area contributed by atoms with E-state index in [-0.39, 0.29) is 18.4 Å². The van der Waals surface area contributed by atoms with Gasteiger partial charge in [0.1, 0.15) is 23.7 Å². The van der Waals surface area contributed by atoms with Crippen LogP contribution in [0.4, 0.5) is 18.0 Å². The Morgan fingerprint density at radius 3 is 2.12 bits per heavy atom. The van der Waals surface area contributed by atoms with Crippen molar-refractivity contribution in [2.75, 3.05) is 6.54 Å². The van der Waals surface area contributed by atoms with Gasteiger partial charge in [0.15, 0.2) is 0 Å². The van der Waals surface area contributed by atoms with Crippen LogP contribution in [-0.4, -0.2) is 70.9 Å². The van der Waals surface area contributed by atoms with Gasteiger partial charge in [0.25, 0.3) is 5.91 Å². The quantitative estimate of drug-likeness (QED) is 0.394. The van der Waals surface area contributed by atoms with Crippen molar-refractivity contribution in [3.8, 4) is 0 Å². The number of halogens is 3. The lowest BCUT2D eigenvalue weighted by Gasteiger charge is -2.35. The number of fused-ring (bicyclic) bond motifs is 2. The summed E-state index contributed by atoms with van der Waals surface area (Å²) < 4.78 is 45.1. The number of carbonyl (C=O) groups excluding carboxylic acids is 5. The van der Waals surface area contributed by atoms with E-state index in [1.54, 1.807) is 20.8 Å². The number of nitrogens with two attached hydrogens (primary N) is 1. The molecule has 42 heavy (non-hydrogen) atoms. The van der Waals surface area contributed by atoms with Gasteiger partial charge in [-0.05, 0) is 67.9 Å². The molecule has 13 heteroatoms. The molecule has 1 heterocycles. The Bertz CT molecular complexity index is 1270. The molecule has 1 aromatic carbocycles. The smallest absolute Gasteiger partial charge is 0.408 e. The van der Waals surface area contributed by atoms with Gasteiger partial charge in [0.05, 0.1) is 6.42 Å². The van der Waals surface area contributed by atoms with Gasteiger partial charge in [-0.1, -0.05) is 38.1 Å². The van der Waals surface area contributed by atoms with Crippen LogP contribution in [0.15, 0.2) is 24.3 Å². The maximum Gasteiger partial charge on any atom is 0.408 e. The standard InChI is InChI=1S/C29H37F3N4O6/c1-27(2,3)42-26(41)35-20(16-10-14-8-6-7-9-15(14)11-16)25(40)36-13-17-19(28(17,4)5)21(36)24(39)34-18(12-29(30,31)32)22(37)23(33)38/h6-9,16-21H,10-13H2,1-5H3,(H2,33,38)(H,34,39)(H,35,41). The monoisotopic (exact) mass is 594 g/mol. The first-order valence-electron chi connectivity index (χ1n) is 13.9. The number of rotatable bonds is 8. The fourth-order valence-electron chi connectivity index (χ4n) is 6.51. The third-order valence-electron chi connectivity index (χ3n) is 8.56. The molecule has 5 atom stereocenters. The van der Waals surface area contributed by atoms with E-state index in [0.717, 1.165) is 11.1 Å². The second-order valence-corrected chi connectivity index (χ2v) is 13.1. The molecule has 5 unspecified atom stereocenters. The fraction of sp³-hybridized carbons (Fsp3) is 0.621. The zero-order valence-corrected chi connectivity index (χ0v) is 24.2. The number of likely N-dealkylation sites (tertiary alicyclic amines) is 1. The molecule has 230 valence electrons. The Labute approximate surface area is 241 Å². The average molecular weight is 595 g/mol. The van der Waals surface area contributed by atoms with Crippen molar-refractivity contribution in [3.63, 3.8) is 0 Å². The lowest BCUT2D eigenvalue weighted by Crippen LogP contribution is -2.60. The number of benzene rings is 1. The molecule has 10 nitrogen and oxygen atoms in total. The van der Waals surface area contributed by atoms with Gasteiger partial charge < -0.3 is 26.0 Å². The van der Waals surface area contributed by atoms with Crippen molar-refractivity contribution in [1.29, 1.82) is 0 Å². The number of nitrogens with zero attached hydrogens (tertiary/aromatic N) is 1. The summed E-state index contributed by atoms with van der Waals surface area (Å²) in [7, 11) is 0. The van der Waals surface area contributed by atoms with Crippen LogP contribution in [0.1, 0.15) is 52.2 Å². The van der Waals surface area contributed by atoms with Crippen LogP contribution in [0.3, 0.4) is 0 Å². The number of hydrogen-bond donors (Lipinski definition) is 3. The topological polar surface area (TPSA) is 148 Å². The minimum atomic E-state index is -4.88. The van der Waals surface area contributed by atoms with Crippen LogP contribution in [0.25, 0.3) is 0 Å². The lowest BCUT2D eigenvalue weighted by atomic mass is 9.93. The summed E-state index contributed by atoms with van der Waals surface area (Å²) in [6, 6.07) is 3.08. The number of carbonyl (C=O) groups is 5. The van der Waals surface area contributed by atoms with Crippen molar-refractivity contribution in [2.45, 2.75) is 83.8 Å². The molecular weight excluding hydrogens is 557 g/mol. The van der Waals surface area contributed by atoms with Crippen molar-refractivity contribution < 1.29 is 41.9 Å². The second kappa shape index (κ2) is 10.9. The Morgan fingerprint density at radius 1 is 1.05 bits per heavy atom. The summed E-state index contributed by atoms with van der Waals surface area (Å²) in [5.41, 5.74) is 5.74. The number of primary amides is 1. The van der Waals surface area contributed by atoms with Crippen LogP contribution < -0.4 is 16.4 Å². The molecule has 0 bridgehead atoms. The van der Waals surface area contributed by atoms with E-state index in [1.807, 2.05) is 38.1 Å². The molecule has 4 N–H and O–H groups in total. The van der Waals surface area contributed by atoms with E-state index in [2.05, 4.69) is 10.6 Å². The van der Waals surface area contributed by atoms with Gasteiger partial charge in [-0.25, -0.2) is 4.79 Å². The van der Waals surface area contributed by atoms with Crippen molar-refractivity contribution in [3.05, 3.63) is 35.4 Å². The van der Waals surface area contributed by atoms with Gasteiger partial charge in [0.2, 0.25) is 17.6 Å². The molecular formula is C29H37F3N4O6. The Morgan fingerprint density at radius 2 is 1.62 bits per heavy atom. The average Bonchev–Trinajstić information content (AvgIpc) is 3.23. The lowest BCUT2D eigenvalue weighted by molar-refractivity contribution is -0.155. The first-order valence-corrected chi connectivity index (χ1v) is 13.9. The van der Waals surface area contributed by atoms with E-state index in [4.69, 9.17) is 10.5 Å². The number of nitrogens with one attached hydrogen (secondary N) is 2. The summed E-state index contributed by atoms with van der Waals surface area (Å²) in [4.78, 5) is 65.5. The highest BCUT2D eigenvalue weighted by Crippen LogP contribution is 2.65. The van der Waals surface area contributed by atoms with E-state index >= 15 is 0 Å². The molecule has 3 aliphatic rings. The van der Waals surface area contributed by atoms with Crippen LogP contribution in [0.2, 0.25) is 0 Å². The summed E-state index contributed by atoms with van der Waals surface area (Å²) in [5.74, 6) is -5.67. The zero-order chi connectivity index (χ0) is 31.4. The van der Waals surface area contributed by atoms with Gasteiger partial charge in [-0.3, -0.25) is 19.2 Å². The van der Waals surface area contributed by atoms with E-state index in [9.17, 15) is 37.1 Å². The number of hydrogen-bond acceptors (Lipinski definition) is 6. The molecule has 1 aromatic rings. The Hall–Kier alpha value is -3.64. The largest absolute Gasteiger partial charge is 0.444 e. The molecule has 0 aromatic heterocycles. The highest BCUT2D eigenvalue weighted by atomic mass is 19.4. The molecule has 2 fully saturated rings. The fourth-order valence-corrected chi connectivity index (χ4v) is 6.51. The number of ketones is 1. The number of ether oxygens (including phenoxy) is 1. The summed E-state index contributed by atoms with van der Waals surface area (Å²) in [5, 5.41) is 4.75. The van der Waals surface area contributed by atoms with Crippen molar-refractivity contribution in [1.82, 2.24) is 15.5 Å². The highest BCUT2D eigenvalue weighted by Gasteiger charge is 2.70. The number of alkyl carbamates (subject to hydrolysis) is 1. The minimum Gasteiger partial charge on any atom is -0.444 e. The highest BCUT2D eigenvalue weighted by molar-refractivity contribution is 6.37. The second-order valence-electron chi connectivity index (χ2n) is 13.1. The molecule has 1 saturated heterocycles. The predicted molar refractivity (Wildman–Crippen MR) is 144 cm³/mol. The SMILES string of the molecule is CC(C)(C)OC(=O)NC(C(=O)N1CC2C(C1C(=O)NC(CC(F)(F)F)C(=O)C(N)=O)C2(C)C)C1Cc2ccccc2C1. The van der Waals surface area contributed by atoms with Gasteiger partial charge >= 0.3 is 12.3 Å². The number of Topliss-reactive ketones (excluding diaryl/α,β-unsaturated/α-hetero) is 1. The number of alkyl halides is 3. The molecule has 1 saturated carbocycles. The minimum absolute atomic E-state index is 0.131. The van der Waals surface area contributed by atoms with Crippen molar-refractivity contribution >= 4 is 29.6 Å². The third kappa shape index (κ3) is 6.54. The maximum atomic E-state index is 14.2. The Balaban J connectivity index is 1.62. The molecule has 1 aliphatic heterocycles. The normalized spacial score (nSPS) is 24.2. The molecule has 4 amide bonds. The first kappa shape index (κ1) is 31.3. The third-order valence-corrected chi connectivity index (χ3v) is 8.56. The molecule has 2 aliphatic carbocycles. The number of amides is 4. The van der Waals surface area contributed by atoms with Gasteiger partial charge in [-0.2, -0.15) is 13.2 Å². The van der Waals surface area contributed by atoms with Gasteiger partial charge in [0, 0.05) is 6.54 Å². The van der Waals surface area contributed by atoms with Crippen LogP contribution in [0.5, 0.6) is 0 Å². The number of piperidine rings is 1. The van der Waals surface area contributed by atoms with Crippen molar-refractivity contribution in [2.24, 2.45) is 28.9 Å². The molecule has 0 spiro atoms. The van der Waals surface area contributed by atoms with E-state index < -0.39 is 77.3 Å². The van der Waals surface area contributed by atoms with Crippen LogP contribution in [-0.2, 0) is 36.8 Å². The maximum absolute atomic E-state index is 14.2. The molecule has 4 rings (SSSR count). The summed E-state index contributed by atoms with van der Waals surface area (Å²) >= 11 is 0. The van der Waals surface area contributed by atoms with E-state index in [0.29, 0.717) is 12.8 Å².